The van der Waals surface area contributed by atoms with Gasteiger partial charge < -0.3 is 4.74 Å². The van der Waals surface area contributed by atoms with Gasteiger partial charge in [-0.3, -0.25) is 0 Å². The summed E-state index contributed by atoms with van der Waals surface area (Å²) in [6, 6.07) is 11.6. The molecule has 0 aliphatic carbocycles. The zero-order valence-corrected chi connectivity index (χ0v) is 12.0. The molecule has 0 N–H and O–H groups in total. The molecule has 0 unspecified atom stereocenters. The third-order valence-corrected chi connectivity index (χ3v) is 3.40. The van der Waals surface area contributed by atoms with Crippen molar-refractivity contribution in [3.63, 3.8) is 0 Å². The van der Waals surface area contributed by atoms with Crippen LogP contribution in [0.3, 0.4) is 0 Å². The molecule has 7 nitrogen and oxygen atoms in total. The third kappa shape index (κ3) is 1.98. The molecule has 0 aliphatic rings. The molecule has 3 aromatic heterocycles. The summed E-state index contributed by atoms with van der Waals surface area (Å²) in [7, 11) is 0. The molecular weight excluding hydrogens is 280 g/mol. The molecule has 4 aromatic rings. The van der Waals surface area contributed by atoms with Gasteiger partial charge in [-0.2, -0.15) is 0 Å². The van der Waals surface area contributed by atoms with E-state index < -0.39 is 0 Å². The second kappa shape index (κ2) is 5.10. The van der Waals surface area contributed by atoms with Gasteiger partial charge in [-0.1, -0.05) is 6.92 Å². The largest absolute Gasteiger partial charge is 0.494 e. The van der Waals surface area contributed by atoms with E-state index in [1.54, 1.807) is 6.33 Å². The Morgan fingerprint density at radius 3 is 2.59 bits per heavy atom. The van der Waals surface area contributed by atoms with Crippen molar-refractivity contribution in [2.45, 2.75) is 13.3 Å². The highest BCUT2D eigenvalue weighted by atomic mass is 16.5. The fraction of sp³-hybridized carbons (Fsp3) is 0.200. The zero-order chi connectivity index (χ0) is 14.9. The molecule has 3 heterocycles. The lowest BCUT2D eigenvalue weighted by Gasteiger charge is -2.06. The molecule has 0 spiro atoms. The molecule has 0 amide bonds. The van der Waals surface area contributed by atoms with Crippen molar-refractivity contribution < 1.29 is 4.74 Å². The van der Waals surface area contributed by atoms with E-state index in [1.165, 1.54) is 0 Å². The first-order chi connectivity index (χ1) is 10.9. The van der Waals surface area contributed by atoms with Crippen LogP contribution in [0, 0.1) is 0 Å². The highest BCUT2D eigenvalue weighted by Crippen LogP contribution is 2.22. The lowest BCUT2D eigenvalue weighted by molar-refractivity contribution is 0.317. The van der Waals surface area contributed by atoms with Gasteiger partial charge in [0.15, 0.2) is 17.1 Å². The quantitative estimate of drug-likeness (QED) is 0.577. The number of hydrogen-bond acceptors (Lipinski definition) is 5. The maximum Gasteiger partial charge on any atom is 0.183 e. The van der Waals surface area contributed by atoms with Crippen LogP contribution in [0.4, 0.5) is 0 Å². The van der Waals surface area contributed by atoms with Crippen LogP contribution in [0.15, 0.2) is 42.7 Å². The van der Waals surface area contributed by atoms with Gasteiger partial charge in [-0.05, 0) is 42.8 Å². The van der Waals surface area contributed by atoms with Gasteiger partial charge in [-0.25, -0.2) is 9.03 Å². The molecule has 0 radical (unpaired) electrons. The first-order valence-corrected chi connectivity index (χ1v) is 7.14. The zero-order valence-electron chi connectivity index (χ0n) is 12.0. The van der Waals surface area contributed by atoms with Gasteiger partial charge in [0.05, 0.1) is 6.61 Å². The van der Waals surface area contributed by atoms with E-state index in [9.17, 15) is 0 Å². The van der Waals surface area contributed by atoms with Gasteiger partial charge in [-0.15, -0.1) is 20.4 Å². The Bertz CT molecular complexity index is 924. The Morgan fingerprint density at radius 1 is 0.955 bits per heavy atom. The number of fused-ring (bicyclic) bond motifs is 3. The lowest BCUT2D eigenvalue weighted by Crippen LogP contribution is -2.01. The van der Waals surface area contributed by atoms with E-state index in [0.717, 1.165) is 34.9 Å². The highest BCUT2D eigenvalue weighted by Gasteiger charge is 2.11. The maximum absolute atomic E-state index is 5.60. The van der Waals surface area contributed by atoms with Crippen LogP contribution >= 0.6 is 0 Å². The first-order valence-electron chi connectivity index (χ1n) is 7.14. The van der Waals surface area contributed by atoms with Crippen molar-refractivity contribution in [1.29, 1.82) is 0 Å². The molecule has 0 fully saturated rings. The Hall–Kier alpha value is -2.96. The van der Waals surface area contributed by atoms with Crippen molar-refractivity contribution in [3.8, 4) is 17.1 Å². The van der Waals surface area contributed by atoms with Crippen LogP contribution in [0.25, 0.3) is 22.7 Å². The average molecular weight is 294 g/mol. The molecule has 110 valence electrons. The number of aromatic nitrogens is 6. The van der Waals surface area contributed by atoms with E-state index in [2.05, 4.69) is 27.3 Å². The molecule has 0 saturated heterocycles. The highest BCUT2D eigenvalue weighted by molar-refractivity contribution is 5.61. The van der Waals surface area contributed by atoms with Crippen LogP contribution in [-0.4, -0.2) is 36.0 Å². The van der Waals surface area contributed by atoms with E-state index in [4.69, 9.17) is 4.74 Å². The Morgan fingerprint density at radius 2 is 1.77 bits per heavy atom. The molecule has 7 heteroatoms. The lowest BCUT2D eigenvalue weighted by atomic mass is 10.2. The van der Waals surface area contributed by atoms with Crippen LogP contribution < -0.4 is 4.74 Å². The summed E-state index contributed by atoms with van der Waals surface area (Å²) in [6.45, 7) is 2.80. The molecule has 0 atom stereocenters. The fourth-order valence-electron chi connectivity index (χ4n) is 2.36. The summed E-state index contributed by atoms with van der Waals surface area (Å²) in [5.74, 6) is 1.59. The molecule has 0 aliphatic heterocycles. The number of nitrogens with zero attached hydrogens (tertiary/aromatic N) is 6. The number of rotatable bonds is 4. The maximum atomic E-state index is 5.60. The Balaban J connectivity index is 1.81. The monoisotopic (exact) mass is 294 g/mol. The van der Waals surface area contributed by atoms with Crippen molar-refractivity contribution >= 4 is 11.3 Å². The van der Waals surface area contributed by atoms with Crippen LogP contribution in [0.2, 0.25) is 0 Å². The molecule has 22 heavy (non-hydrogen) atoms. The van der Waals surface area contributed by atoms with E-state index in [1.807, 2.05) is 45.4 Å². The summed E-state index contributed by atoms with van der Waals surface area (Å²) in [4.78, 5) is 0. The standard InChI is InChI=1S/C15H14N6O/c1-2-9-22-12-5-3-11(4-6-12)15-19-18-14-8-7-13-17-16-10-20(13)21(14)15/h3-8,10H,2,9H2,1H3. The van der Waals surface area contributed by atoms with E-state index in [-0.39, 0.29) is 0 Å². The van der Waals surface area contributed by atoms with E-state index in [0.29, 0.717) is 6.61 Å². The van der Waals surface area contributed by atoms with Gasteiger partial charge in [0.2, 0.25) is 0 Å². The average Bonchev–Trinajstić information content (AvgIpc) is 3.19. The molecule has 1 aromatic carbocycles. The number of hydrogen-bond donors (Lipinski definition) is 0. The SMILES string of the molecule is CCCOc1ccc(-c2nnc3ccc4nncn4n23)cc1. The predicted octanol–water partition coefficient (Wildman–Crippen LogP) is 2.23. The topological polar surface area (TPSA) is 69.6 Å². The van der Waals surface area contributed by atoms with Crippen LogP contribution in [0.5, 0.6) is 5.75 Å². The van der Waals surface area contributed by atoms with Gasteiger partial charge in [0.1, 0.15) is 12.1 Å². The van der Waals surface area contributed by atoms with Crippen molar-refractivity contribution in [2.24, 2.45) is 0 Å². The smallest absolute Gasteiger partial charge is 0.183 e. The summed E-state index contributed by atoms with van der Waals surface area (Å²) in [5, 5.41) is 16.5. The molecule has 4 rings (SSSR count). The van der Waals surface area contributed by atoms with Gasteiger partial charge in [0.25, 0.3) is 0 Å². The Labute approximate surface area is 126 Å². The second-order valence-corrected chi connectivity index (χ2v) is 4.93. The summed E-state index contributed by atoms with van der Waals surface area (Å²) in [6.07, 6.45) is 2.64. The molecule has 0 saturated carbocycles. The summed E-state index contributed by atoms with van der Waals surface area (Å²) >= 11 is 0. The summed E-state index contributed by atoms with van der Waals surface area (Å²) < 4.78 is 9.32. The van der Waals surface area contributed by atoms with Crippen LogP contribution in [0.1, 0.15) is 13.3 Å². The normalized spacial score (nSPS) is 11.3. The Kier molecular flexibility index (Phi) is 2.96. The minimum absolute atomic E-state index is 0.717. The third-order valence-electron chi connectivity index (χ3n) is 3.40. The van der Waals surface area contributed by atoms with E-state index >= 15 is 0 Å². The number of ether oxygens (including phenoxy) is 1. The summed E-state index contributed by atoms with van der Waals surface area (Å²) in [5.41, 5.74) is 2.45. The second-order valence-electron chi connectivity index (χ2n) is 4.93. The minimum Gasteiger partial charge on any atom is -0.494 e. The van der Waals surface area contributed by atoms with Crippen molar-refractivity contribution in [1.82, 2.24) is 29.4 Å². The first kappa shape index (κ1) is 12.8. The van der Waals surface area contributed by atoms with Crippen LogP contribution in [-0.2, 0) is 0 Å². The molecule has 0 bridgehead atoms. The number of benzene rings is 1. The molecular formula is C15H14N6O. The fourth-order valence-corrected chi connectivity index (χ4v) is 2.36. The van der Waals surface area contributed by atoms with Gasteiger partial charge >= 0.3 is 0 Å². The predicted molar refractivity (Wildman–Crippen MR) is 80.8 cm³/mol. The van der Waals surface area contributed by atoms with Crippen molar-refractivity contribution in [2.75, 3.05) is 6.61 Å². The van der Waals surface area contributed by atoms with Gasteiger partial charge in [0, 0.05) is 5.56 Å². The van der Waals surface area contributed by atoms with Crippen molar-refractivity contribution in [3.05, 3.63) is 42.7 Å². The minimum atomic E-state index is 0.717.